The molecule has 0 saturated heterocycles. The Morgan fingerprint density at radius 1 is 1.29 bits per heavy atom. The molecule has 41 heavy (non-hydrogen) atoms. The van der Waals surface area contributed by atoms with Gasteiger partial charge in [0.1, 0.15) is 44.0 Å². The molecule has 3 aliphatic rings. The number of nitrogens with two attached hydrogens (primary N) is 1. The largest absolute Gasteiger partial charge is 0.495 e. The molecule has 0 radical (unpaired) electrons. The number of carbonyl (C=O) groups is 1. The van der Waals surface area contributed by atoms with Crippen molar-refractivity contribution in [3.8, 4) is 5.75 Å². The number of aliphatic imine (C=N–C) groups is 1. The minimum atomic E-state index is -3.30. The summed E-state index contributed by atoms with van der Waals surface area (Å²) in [4.78, 5) is 22.2. The molecule has 2 bridgehead atoms. The summed E-state index contributed by atoms with van der Waals surface area (Å²) >= 11 is 0. The van der Waals surface area contributed by atoms with Crippen molar-refractivity contribution in [2.75, 3.05) is 31.6 Å². The predicted molar refractivity (Wildman–Crippen MR) is 165 cm³/mol. The number of sulfone groups is 1. The second-order valence-corrected chi connectivity index (χ2v) is 16.2. The fourth-order valence-corrected chi connectivity index (χ4v) is 10.3. The van der Waals surface area contributed by atoms with Gasteiger partial charge in [-0.1, -0.05) is 30.8 Å². The van der Waals surface area contributed by atoms with Crippen molar-refractivity contribution in [2.45, 2.75) is 62.5 Å². The fourth-order valence-electron chi connectivity index (χ4n) is 6.00. The number of carbonyl (C=O) groups excluding carboxylic acids is 1. The number of halogens is 1. The second kappa shape index (κ2) is 11.1. The smallest absolute Gasteiger partial charge is 0.301 e. The molecule has 3 N–H and O–H groups in total. The number of aromatic nitrogens is 1. The van der Waals surface area contributed by atoms with Gasteiger partial charge in [0, 0.05) is 17.5 Å². The predicted octanol–water partition coefficient (Wildman–Crippen LogP) is 4.47. The van der Waals surface area contributed by atoms with Crippen LogP contribution in [0.4, 0.5) is 10.1 Å². The molecule has 1 aromatic carbocycles. The highest BCUT2D eigenvalue weighted by Gasteiger charge is 2.61. The Bertz CT molecular complexity index is 1510. The first-order valence-corrected chi connectivity index (χ1v) is 17.1. The van der Waals surface area contributed by atoms with Gasteiger partial charge in [0.15, 0.2) is 0 Å². The van der Waals surface area contributed by atoms with Gasteiger partial charge in [-0.2, -0.15) is 0 Å². The summed E-state index contributed by atoms with van der Waals surface area (Å²) in [5, 5.41) is 2.26. The maximum atomic E-state index is 16.0. The van der Waals surface area contributed by atoms with E-state index in [1.807, 2.05) is 20.9 Å². The molecule has 224 valence electrons. The lowest BCUT2D eigenvalue weighted by atomic mass is 9.72. The molecule has 6 unspecified atom stereocenters. The highest BCUT2D eigenvalue weighted by molar-refractivity contribution is 8.17. The first kappa shape index (κ1) is 31.1. The van der Waals surface area contributed by atoms with E-state index < -0.39 is 37.1 Å². The van der Waals surface area contributed by atoms with E-state index >= 15 is 4.39 Å². The SMILES string of the molecule is CCCC1(CC(C)C(C)S(C)(=O)=O)S2=C[N+](C)(C2)C(N)=NC1(C)c1cc(NC(=O)c2ccc(OC)cn2)ccc1F. The minimum Gasteiger partial charge on any atom is -0.495 e. The lowest BCUT2D eigenvalue weighted by Crippen LogP contribution is -2.58. The van der Waals surface area contributed by atoms with Crippen LogP contribution in [0.25, 0.3) is 0 Å². The number of pyridine rings is 1. The summed E-state index contributed by atoms with van der Waals surface area (Å²) in [6, 6.07) is 7.67. The van der Waals surface area contributed by atoms with E-state index in [1.54, 1.807) is 25.1 Å². The van der Waals surface area contributed by atoms with Crippen LogP contribution >= 0.6 is 10.5 Å². The zero-order valence-electron chi connectivity index (χ0n) is 24.8. The number of nitrogens with zero attached hydrogens (tertiary/aromatic N) is 3. The van der Waals surface area contributed by atoms with Gasteiger partial charge in [0.2, 0.25) is 0 Å². The number of rotatable bonds is 10. The van der Waals surface area contributed by atoms with E-state index in [0.29, 0.717) is 40.3 Å². The first-order chi connectivity index (χ1) is 19.1. The molecular weight excluding hydrogens is 565 g/mol. The Labute approximate surface area is 244 Å². The normalized spacial score (nSPS) is 28.8. The van der Waals surface area contributed by atoms with E-state index in [0.717, 1.165) is 12.3 Å². The average molecular weight is 607 g/mol. The third kappa shape index (κ3) is 5.53. The Hall–Kier alpha value is -2.83. The van der Waals surface area contributed by atoms with Gasteiger partial charge in [-0.25, -0.2) is 27.3 Å². The van der Waals surface area contributed by atoms with Crippen molar-refractivity contribution >= 4 is 43.4 Å². The van der Waals surface area contributed by atoms with Crippen LogP contribution in [0.1, 0.15) is 63.0 Å². The van der Waals surface area contributed by atoms with E-state index in [-0.39, 0.29) is 22.1 Å². The van der Waals surface area contributed by atoms with Crippen LogP contribution in [0.3, 0.4) is 0 Å². The monoisotopic (exact) mass is 606 g/mol. The molecular formula is C29H41FN5O4S2+. The number of methoxy groups -OCH3 is 1. The summed E-state index contributed by atoms with van der Waals surface area (Å²) in [5.41, 5.74) is 8.55. The van der Waals surface area contributed by atoms with E-state index in [2.05, 4.69) is 22.7 Å². The molecule has 3 aliphatic heterocycles. The Kier molecular flexibility index (Phi) is 8.43. The summed E-state index contributed by atoms with van der Waals surface area (Å²) in [6.45, 7) is 7.69. The standard InChI is InChI=1S/C29H40FN5O4S2/c1-8-13-29(15-19(2)20(3)41(7,37)38)28(4,34-27(31)35(5)17-40(29)18-35)23-14-21(9-11-24(23)30)33-26(36)25-12-10-22(39-6)16-32-25/h9-12,14,16-17,19-20H,8,13,15,18H2,1-7H3,(H2-,31,33,34,36)/p+1. The summed E-state index contributed by atoms with van der Waals surface area (Å²) < 4.78 is 45.9. The van der Waals surface area contributed by atoms with Crippen LogP contribution in [-0.2, 0) is 15.4 Å². The topological polar surface area (TPSA) is 124 Å². The molecule has 5 rings (SSSR count). The molecule has 4 heterocycles. The van der Waals surface area contributed by atoms with Crippen molar-refractivity contribution in [2.24, 2.45) is 16.6 Å². The number of ether oxygens (including phenoxy) is 1. The number of benzene rings is 1. The Morgan fingerprint density at radius 2 is 1.98 bits per heavy atom. The van der Waals surface area contributed by atoms with Gasteiger partial charge in [-0.05, 0) is 62.9 Å². The van der Waals surface area contributed by atoms with Crippen molar-refractivity contribution < 1.29 is 26.8 Å². The van der Waals surface area contributed by atoms with E-state index in [9.17, 15) is 13.2 Å². The molecule has 1 aromatic heterocycles. The maximum absolute atomic E-state index is 16.0. The highest BCUT2D eigenvalue weighted by Crippen LogP contribution is 2.61. The third-order valence-electron chi connectivity index (χ3n) is 8.75. The van der Waals surface area contributed by atoms with Crippen LogP contribution < -0.4 is 15.8 Å². The Balaban J connectivity index is 1.84. The van der Waals surface area contributed by atoms with Crippen molar-refractivity contribution in [1.82, 2.24) is 4.98 Å². The van der Waals surface area contributed by atoms with Crippen LogP contribution in [0.15, 0.2) is 41.5 Å². The van der Waals surface area contributed by atoms with Gasteiger partial charge in [-0.15, -0.1) is 0 Å². The fraction of sp³-hybridized carbons (Fsp3) is 0.517. The zero-order chi connectivity index (χ0) is 30.4. The van der Waals surface area contributed by atoms with Gasteiger partial charge < -0.3 is 15.8 Å². The molecule has 0 fully saturated rings. The summed E-state index contributed by atoms with van der Waals surface area (Å²) in [5.74, 6) is 0.516. The van der Waals surface area contributed by atoms with E-state index in [1.165, 1.54) is 31.7 Å². The van der Waals surface area contributed by atoms with Crippen molar-refractivity contribution in [3.05, 3.63) is 53.6 Å². The molecule has 2 aromatic rings. The van der Waals surface area contributed by atoms with Crippen LogP contribution in [0.2, 0.25) is 0 Å². The number of hydrogen-bond donors (Lipinski definition) is 2. The van der Waals surface area contributed by atoms with Gasteiger partial charge in [0.05, 0.1) is 30.4 Å². The van der Waals surface area contributed by atoms with Gasteiger partial charge in [-0.3, -0.25) is 4.79 Å². The zero-order valence-corrected chi connectivity index (χ0v) is 26.4. The molecule has 6 atom stereocenters. The molecule has 9 nitrogen and oxygen atoms in total. The molecule has 0 saturated carbocycles. The van der Waals surface area contributed by atoms with Gasteiger partial charge >= 0.3 is 5.96 Å². The number of amides is 1. The number of anilines is 1. The maximum Gasteiger partial charge on any atom is 0.301 e. The molecule has 0 spiro atoms. The number of fused-ring (bicyclic) bond motifs is 2. The minimum absolute atomic E-state index is 0.186. The Morgan fingerprint density at radius 3 is 2.54 bits per heavy atom. The summed E-state index contributed by atoms with van der Waals surface area (Å²) in [7, 11) is -0.125. The van der Waals surface area contributed by atoms with E-state index in [4.69, 9.17) is 15.5 Å². The number of nitrogens with one attached hydrogen (secondary N) is 1. The molecule has 1 amide bonds. The van der Waals surface area contributed by atoms with Crippen molar-refractivity contribution in [3.63, 3.8) is 0 Å². The molecule has 0 aliphatic carbocycles. The summed E-state index contributed by atoms with van der Waals surface area (Å²) in [6.07, 6.45) is 4.74. The third-order valence-corrected chi connectivity index (χ3v) is 13.9. The first-order valence-electron chi connectivity index (χ1n) is 13.7. The van der Waals surface area contributed by atoms with Gasteiger partial charge in [0.25, 0.3) is 5.91 Å². The lowest BCUT2D eigenvalue weighted by Gasteiger charge is -2.51. The average Bonchev–Trinajstić information content (AvgIpc) is 3.00. The highest BCUT2D eigenvalue weighted by atomic mass is 32.2. The number of guanidine groups is 1. The van der Waals surface area contributed by atoms with Crippen LogP contribution in [0, 0.1) is 11.7 Å². The quantitative estimate of drug-likeness (QED) is 0.304. The van der Waals surface area contributed by atoms with Crippen LogP contribution in [0.5, 0.6) is 5.75 Å². The number of hydrogen-bond acceptors (Lipinski definition) is 7. The second-order valence-electron chi connectivity index (χ2n) is 11.7. The number of quaternary nitrogens is 1. The van der Waals surface area contributed by atoms with Crippen LogP contribution in [-0.4, -0.2) is 71.5 Å². The van der Waals surface area contributed by atoms with Crippen molar-refractivity contribution in [1.29, 1.82) is 0 Å². The lowest BCUT2D eigenvalue weighted by molar-refractivity contribution is -0.706. The molecule has 12 heteroatoms.